The van der Waals surface area contributed by atoms with Crippen LogP contribution in [0.15, 0.2) is 17.0 Å². The van der Waals surface area contributed by atoms with Gasteiger partial charge in [0.15, 0.2) is 0 Å². The van der Waals surface area contributed by atoms with Crippen LogP contribution in [0.25, 0.3) is 5.53 Å². The van der Waals surface area contributed by atoms with Gasteiger partial charge in [0, 0.05) is 0 Å². The fourth-order valence-electron chi connectivity index (χ4n) is 3.77. The summed E-state index contributed by atoms with van der Waals surface area (Å²) >= 11 is 0. The van der Waals surface area contributed by atoms with E-state index < -0.39 is 29.3 Å². The zero-order valence-corrected chi connectivity index (χ0v) is 17.9. The second kappa shape index (κ2) is 8.67. The summed E-state index contributed by atoms with van der Waals surface area (Å²) in [6.07, 6.45) is 4.82. The molecule has 27 heavy (non-hydrogen) atoms. The highest BCUT2D eigenvalue weighted by atomic mass is 32.3. The summed E-state index contributed by atoms with van der Waals surface area (Å²) in [5, 5.41) is -0.808. The summed E-state index contributed by atoms with van der Waals surface area (Å²) in [4.78, 5) is 2.80. The van der Waals surface area contributed by atoms with E-state index in [4.69, 9.17) is 0 Å². The molecule has 1 aromatic rings. The standard InChI is InChI=1S/C19H28N2O4S2/c1-4-14-12-15(5-2)18(16(6-3)13-14)27(24,25)19(21-20)26(22,23)17-10-8-7-9-11-17/h12-13,17H,4-11H2,1-3H3. The van der Waals surface area contributed by atoms with Crippen molar-refractivity contribution in [1.29, 1.82) is 0 Å². The van der Waals surface area contributed by atoms with Crippen LogP contribution in [-0.4, -0.2) is 31.3 Å². The van der Waals surface area contributed by atoms with Crippen LogP contribution in [0, 0.1) is 0 Å². The Morgan fingerprint density at radius 3 is 1.89 bits per heavy atom. The normalized spacial score (nSPS) is 16.1. The highest BCUT2D eigenvalue weighted by Crippen LogP contribution is 2.31. The van der Waals surface area contributed by atoms with Crippen molar-refractivity contribution in [3.05, 3.63) is 34.4 Å². The zero-order chi connectivity index (χ0) is 20.2. The van der Waals surface area contributed by atoms with Crippen LogP contribution in [0.4, 0.5) is 0 Å². The number of aryl methyl sites for hydroxylation is 3. The lowest BCUT2D eigenvalue weighted by atomic mass is 10.0. The van der Waals surface area contributed by atoms with Crippen LogP contribution < -0.4 is 0 Å². The summed E-state index contributed by atoms with van der Waals surface area (Å²) in [7, 11) is -8.69. The molecule has 0 heterocycles. The molecular weight excluding hydrogens is 384 g/mol. The predicted molar refractivity (Wildman–Crippen MR) is 106 cm³/mol. The zero-order valence-electron chi connectivity index (χ0n) is 16.2. The van der Waals surface area contributed by atoms with Crippen LogP contribution in [0.2, 0.25) is 0 Å². The Bertz CT molecular complexity index is 928. The Morgan fingerprint density at radius 1 is 0.963 bits per heavy atom. The second-order valence-electron chi connectivity index (χ2n) is 6.98. The molecule has 0 N–H and O–H groups in total. The van der Waals surface area contributed by atoms with Crippen molar-refractivity contribution >= 4 is 24.1 Å². The van der Waals surface area contributed by atoms with Gasteiger partial charge in [-0.2, -0.15) is 0 Å². The van der Waals surface area contributed by atoms with Crippen molar-refractivity contribution in [2.75, 3.05) is 0 Å². The van der Waals surface area contributed by atoms with Gasteiger partial charge in [-0.15, -0.1) is 4.79 Å². The molecule has 1 aliphatic rings. The fraction of sp³-hybridized carbons (Fsp3) is 0.632. The lowest BCUT2D eigenvalue weighted by Crippen LogP contribution is -2.36. The van der Waals surface area contributed by atoms with E-state index in [0.717, 1.165) is 31.2 Å². The Hall–Kier alpha value is -1.50. The van der Waals surface area contributed by atoms with Crippen LogP contribution in [-0.2, 0) is 38.9 Å². The van der Waals surface area contributed by atoms with Gasteiger partial charge >= 0.3 is 4.38 Å². The second-order valence-corrected chi connectivity index (χ2v) is 11.2. The molecule has 1 aromatic carbocycles. The van der Waals surface area contributed by atoms with E-state index in [-0.39, 0.29) is 4.90 Å². The third-order valence-corrected chi connectivity index (χ3v) is 10.2. The van der Waals surface area contributed by atoms with Crippen molar-refractivity contribution in [2.24, 2.45) is 0 Å². The molecule has 6 nitrogen and oxygen atoms in total. The summed E-state index contributed by atoms with van der Waals surface area (Å²) in [6.45, 7) is 5.65. The van der Waals surface area contributed by atoms with Crippen molar-refractivity contribution in [1.82, 2.24) is 0 Å². The minimum absolute atomic E-state index is 0.0168. The number of benzene rings is 1. The fourth-order valence-corrected chi connectivity index (χ4v) is 8.38. The topological polar surface area (TPSA) is 105 Å². The van der Waals surface area contributed by atoms with Gasteiger partial charge in [0.2, 0.25) is 0 Å². The van der Waals surface area contributed by atoms with Crippen molar-refractivity contribution in [3.8, 4) is 0 Å². The van der Waals surface area contributed by atoms with E-state index in [1.54, 1.807) is 12.1 Å². The molecule has 0 unspecified atom stereocenters. The maximum Gasteiger partial charge on any atom is 0.499 e. The Kier molecular flexibility index (Phi) is 7.00. The average molecular weight is 413 g/mol. The van der Waals surface area contributed by atoms with E-state index in [9.17, 15) is 22.4 Å². The molecule has 1 saturated carbocycles. The smallest absolute Gasteiger partial charge is 0.359 e. The number of hydrogen-bond donors (Lipinski definition) is 0. The van der Waals surface area contributed by atoms with Gasteiger partial charge in [0.05, 0.1) is 10.1 Å². The summed E-state index contributed by atoms with van der Waals surface area (Å²) in [5.41, 5.74) is 11.6. The van der Waals surface area contributed by atoms with E-state index in [0.29, 0.717) is 36.8 Å². The Labute approximate surface area is 162 Å². The van der Waals surface area contributed by atoms with Crippen LogP contribution in [0.1, 0.15) is 69.6 Å². The first-order valence-electron chi connectivity index (χ1n) is 9.59. The third-order valence-electron chi connectivity index (χ3n) is 5.29. The number of nitrogens with zero attached hydrogens (tertiary/aromatic N) is 2. The van der Waals surface area contributed by atoms with E-state index in [2.05, 4.69) is 4.79 Å². The number of sulfone groups is 2. The molecule has 0 amide bonds. The maximum atomic E-state index is 13.3. The van der Waals surface area contributed by atoms with Gasteiger partial charge in [-0.3, -0.25) is 0 Å². The largest absolute Gasteiger partial charge is 0.499 e. The first kappa shape index (κ1) is 21.8. The van der Waals surface area contributed by atoms with E-state index in [1.165, 1.54) is 0 Å². The Morgan fingerprint density at radius 2 is 1.48 bits per heavy atom. The van der Waals surface area contributed by atoms with Gasteiger partial charge in [-0.05, 0) is 48.8 Å². The molecule has 1 fully saturated rings. The monoisotopic (exact) mass is 412 g/mol. The van der Waals surface area contributed by atoms with Gasteiger partial charge in [-0.25, -0.2) is 16.8 Å². The first-order chi connectivity index (χ1) is 12.7. The number of rotatable bonds is 5. The van der Waals surface area contributed by atoms with E-state index in [1.807, 2.05) is 20.8 Å². The molecule has 150 valence electrons. The summed E-state index contributed by atoms with van der Waals surface area (Å²) in [5.74, 6) is 0. The molecule has 0 aromatic heterocycles. The van der Waals surface area contributed by atoms with Crippen molar-refractivity contribution < 1.29 is 21.6 Å². The lowest BCUT2D eigenvalue weighted by Gasteiger charge is -2.20. The van der Waals surface area contributed by atoms with Gasteiger partial charge < -0.3 is 5.53 Å². The quantitative estimate of drug-likeness (QED) is 0.319. The summed E-state index contributed by atoms with van der Waals surface area (Å²) in [6, 6.07) is 3.60. The Balaban J connectivity index is 2.68. The minimum atomic E-state index is -4.46. The molecule has 2 rings (SSSR count). The van der Waals surface area contributed by atoms with Crippen LogP contribution in [0.5, 0.6) is 0 Å². The lowest BCUT2D eigenvalue weighted by molar-refractivity contribution is 0.00369. The third kappa shape index (κ3) is 4.18. The molecule has 0 spiro atoms. The number of hydrogen-bond acceptors (Lipinski definition) is 4. The molecule has 0 aliphatic heterocycles. The van der Waals surface area contributed by atoms with Gasteiger partial charge in [0.25, 0.3) is 19.7 Å². The molecule has 0 atom stereocenters. The average Bonchev–Trinajstić information content (AvgIpc) is 2.67. The minimum Gasteiger partial charge on any atom is -0.359 e. The maximum absolute atomic E-state index is 13.3. The molecule has 0 radical (unpaired) electrons. The first-order valence-corrected chi connectivity index (χ1v) is 12.6. The molecule has 8 heteroatoms. The van der Waals surface area contributed by atoms with E-state index >= 15 is 0 Å². The molecular formula is C19H28N2O4S2. The highest BCUT2D eigenvalue weighted by Gasteiger charge is 2.48. The van der Waals surface area contributed by atoms with Gasteiger partial charge in [0.1, 0.15) is 0 Å². The van der Waals surface area contributed by atoms with Crippen LogP contribution in [0.3, 0.4) is 0 Å². The molecule has 0 saturated heterocycles. The molecule has 0 bridgehead atoms. The van der Waals surface area contributed by atoms with Gasteiger partial charge in [-0.1, -0.05) is 52.2 Å². The predicted octanol–water partition coefficient (Wildman–Crippen LogP) is 3.48. The molecule has 1 aliphatic carbocycles. The summed E-state index contributed by atoms with van der Waals surface area (Å²) < 4.78 is 51.6. The van der Waals surface area contributed by atoms with Crippen molar-refractivity contribution in [3.63, 3.8) is 0 Å². The van der Waals surface area contributed by atoms with Crippen molar-refractivity contribution in [2.45, 2.75) is 82.3 Å². The van der Waals surface area contributed by atoms with Crippen LogP contribution >= 0.6 is 0 Å². The highest BCUT2D eigenvalue weighted by molar-refractivity contribution is 8.31. The SMILES string of the molecule is CCc1cc(CC)c(S(=O)(=O)C(=[N+]=[N-])S(=O)(=O)C2CCCCC2)c(CC)c1.